The standard InChI is InChI=1S/C14H19N5O5/c1-8-4-19(14(22)15-13(8)21)12-3-10(11(6-20)24-12)23-7-9-5-18(2)17-16-9/h4-5,10-12,20H,3,6-7H2,1-2H3,(H,15,21,22)/t10-,11+,12+/m0/s1. The molecule has 130 valence electrons. The second kappa shape index (κ2) is 6.67. The molecule has 3 rings (SSSR count). The molecule has 24 heavy (non-hydrogen) atoms. The van der Waals surface area contributed by atoms with Crippen molar-refractivity contribution in [1.82, 2.24) is 24.5 Å². The Morgan fingerprint density at radius 1 is 1.46 bits per heavy atom. The molecule has 0 bridgehead atoms. The minimum Gasteiger partial charge on any atom is -0.394 e. The summed E-state index contributed by atoms with van der Waals surface area (Å²) in [7, 11) is 1.76. The van der Waals surface area contributed by atoms with Crippen molar-refractivity contribution in [3.63, 3.8) is 0 Å². The minimum absolute atomic E-state index is 0.227. The van der Waals surface area contributed by atoms with Crippen LogP contribution < -0.4 is 11.2 Å². The molecule has 2 aromatic rings. The van der Waals surface area contributed by atoms with Crippen molar-refractivity contribution in [2.75, 3.05) is 6.61 Å². The van der Waals surface area contributed by atoms with Gasteiger partial charge < -0.3 is 14.6 Å². The molecule has 0 unspecified atom stereocenters. The van der Waals surface area contributed by atoms with Crippen LogP contribution in [0.15, 0.2) is 22.0 Å². The molecule has 10 nitrogen and oxygen atoms in total. The highest BCUT2D eigenvalue weighted by Gasteiger charge is 2.37. The monoisotopic (exact) mass is 337 g/mol. The van der Waals surface area contributed by atoms with E-state index in [1.165, 1.54) is 10.8 Å². The van der Waals surface area contributed by atoms with E-state index < -0.39 is 29.7 Å². The molecule has 1 fully saturated rings. The lowest BCUT2D eigenvalue weighted by molar-refractivity contribution is -0.0662. The first-order chi connectivity index (χ1) is 11.5. The third-order valence-electron chi connectivity index (χ3n) is 3.91. The maximum atomic E-state index is 12.0. The van der Waals surface area contributed by atoms with E-state index >= 15 is 0 Å². The Bertz CT molecular complexity index is 825. The van der Waals surface area contributed by atoms with E-state index in [1.54, 1.807) is 24.9 Å². The van der Waals surface area contributed by atoms with Crippen LogP contribution in [0.2, 0.25) is 0 Å². The highest BCUT2D eigenvalue weighted by atomic mass is 16.6. The van der Waals surface area contributed by atoms with Crippen LogP contribution in [-0.4, -0.2) is 48.5 Å². The number of H-pyrrole nitrogens is 1. The van der Waals surface area contributed by atoms with E-state index in [1.807, 2.05) is 0 Å². The van der Waals surface area contributed by atoms with Crippen LogP contribution in [0.3, 0.4) is 0 Å². The number of hydrogen-bond acceptors (Lipinski definition) is 7. The first-order valence-corrected chi connectivity index (χ1v) is 7.53. The molecule has 3 atom stereocenters. The molecule has 10 heteroatoms. The number of aliphatic hydroxyl groups excluding tert-OH is 1. The van der Waals surface area contributed by atoms with Gasteiger partial charge in [-0.15, -0.1) is 5.10 Å². The van der Waals surface area contributed by atoms with Crippen LogP contribution in [-0.2, 0) is 23.1 Å². The molecule has 3 heterocycles. The average Bonchev–Trinajstić information content (AvgIpc) is 3.14. The summed E-state index contributed by atoms with van der Waals surface area (Å²) in [5.41, 5.74) is 0.0858. The van der Waals surface area contributed by atoms with E-state index in [0.717, 1.165) is 0 Å². The molecule has 0 saturated carbocycles. The predicted octanol–water partition coefficient (Wildman–Crippen LogP) is -1.16. The molecule has 0 radical (unpaired) electrons. The maximum absolute atomic E-state index is 12.0. The quantitative estimate of drug-likeness (QED) is 0.705. The summed E-state index contributed by atoms with van der Waals surface area (Å²) in [5.74, 6) is 0. The van der Waals surface area contributed by atoms with Gasteiger partial charge in [0.1, 0.15) is 18.0 Å². The van der Waals surface area contributed by atoms with E-state index in [2.05, 4.69) is 15.3 Å². The molecule has 1 saturated heterocycles. The molecule has 0 amide bonds. The van der Waals surface area contributed by atoms with E-state index in [4.69, 9.17) is 9.47 Å². The van der Waals surface area contributed by atoms with Gasteiger partial charge in [-0.25, -0.2) is 4.79 Å². The molecular weight excluding hydrogens is 318 g/mol. The summed E-state index contributed by atoms with van der Waals surface area (Å²) in [4.78, 5) is 25.7. The lowest BCUT2D eigenvalue weighted by Gasteiger charge is -2.15. The summed E-state index contributed by atoms with van der Waals surface area (Å²) < 4.78 is 14.3. The van der Waals surface area contributed by atoms with E-state index in [0.29, 0.717) is 17.7 Å². The number of aryl methyl sites for hydroxylation is 2. The Kier molecular flexibility index (Phi) is 4.60. The van der Waals surface area contributed by atoms with Gasteiger partial charge in [0.05, 0.1) is 25.5 Å². The van der Waals surface area contributed by atoms with Crippen molar-refractivity contribution < 1.29 is 14.6 Å². The van der Waals surface area contributed by atoms with Gasteiger partial charge in [0.2, 0.25) is 0 Å². The normalized spacial score (nSPS) is 23.7. The summed E-state index contributed by atoms with van der Waals surface area (Å²) in [6, 6.07) is 0. The summed E-state index contributed by atoms with van der Waals surface area (Å²) in [6.07, 6.45) is 1.98. The van der Waals surface area contributed by atoms with E-state index in [-0.39, 0.29) is 13.2 Å². The maximum Gasteiger partial charge on any atom is 0.330 e. The first kappa shape index (κ1) is 16.6. The second-order valence-electron chi connectivity index (χ2n) is 5.76. The number of aromatic amines is 1. The van der Waals surface area contributed by atoms with Crippen LogP contribution in [0, 0.1) is 6.92 Å². The summed E-state index contributed by atoms with van der Waals surface area (Å²) >= 11 is 0. The minimum atomic E-state index is -0.614. The molecule has 1 aliphatic heterocycles. The zero-order valence-electron chi connectivity index (χ0n) is 13.4. The van der Waals surface area contributed by atoms with Crippen molar-refractivity contribution >= 4 is 0 Å². The molecule has 0 aromatic carbocycles. The number of nitrogens with zero attached hydrogens (tertiary/aromatic N) is 4. The van der Waals surface area contributed by atoms with Gasteiger partial charge in [0.15, 0.2) is 0 Å². The topological polar surface area (TPSA) is 124 Å². The Morgan fingerprint density at radius 2 is 2.25 bits per heavy atom. The highest BCUT2D eigenvalue weighted by molar-refractivity contribution is 5.02. The predicted molar refractivity (Wildman–Crippen MR) is 81.3 cm³/mol. The molecule has 2 aromatic heterocycles. The number of aromatic nitrogens is 5. The van der Waals surface area contributed by atoms with Gasteiger partial charge in [0, 0.05) is 25.2 Å². The van der Waals surface area contributed by atoms with Crippen LogP contribution in [0.1, 0.15) is 23.9 Å². The summed E-state index contributed by atoms with van der Waals surface area (Å²) in [6.45, 7) is 1.60. The van der Waals surface area contributed by atoms with Gasteiger partial charge >= 0.3 is 5.69 Å². The Balaban J connectivity index is 1.73. The largest absolute Gasteiger partial charge is 0.394 e. The Morgan fingerprint density at radius 3 is 2.92 bits per heavy atom. The molecule has 0 spiro atoms. The van der Waals surface area contributed by atoms with Gasteiger partial charge in [-0.3, -0.25) is 19.0 Å². The second-order valence-corrected chi connectivity index (χ2v) is 5.76. The van der Waals surface area contributed by atoms with Crippen molar-refractivity contribution in [3.05, 3.63) is 44.5 Å². The Labute approximate surface area is 136 Å². The number of nitrogens with one attached hydrogen (secondary N) is 1. The fraction of sp³-hybridized carbons (Fsp3) is 0.571. The molecule has 1 aliphatic rings. The van der Waals surface area contributed by atoms with Crippen LogP contribution >= 0.6 is 0 Å². The smallest absolute Gasteiger partial charge is 0.330 e. The van der Waals surface area contributed by atoms with Crippen molar-refractivity contribution in [2.45, 2.75) is 38.4 Å². The van der Waals surface area contributed by atoms with E-state index in [9.17, 15) is 14.7 Å². The van der Waals surface area contributed by atoms with Crippen molar-refractivity contribution in [3.8, 4) is 0 Å². The van der Waals surface area contributed by atoms with Crippen LogP contribution in [0.5, 0.6) is 0 Å². The third-order valence-corrected chi connectivity index (χ3v) is 3.91. The molecule has 0 aliphatic carbocycles. The van der Waals surface area contributed by atoms with Crippen LogP contribution in [0.4, 0.5) is 0 Å². The molecular formula is C14H19N5O5. The SMILES string of the molecule is Cc1cn([C@H]2C[C@H](OCc3cn(C)nn3)[C@@H](CO)O2)c(=O)[nH]c1=O. The number of hydrogen-bond donors (Lipinski definition) is 2. The lowest BCUT2D eigenvalue weighted by atomic mass is 10.2. The van der Waals surface area contributed by atoms with Gasteiger partial charge in [-0.1, -0.05) is 5.21 Å². The summed E-state index contributed by atoms with van der Waals surface area (Å²) in [5, 5.41) is 17.2. The highest BCUT2D eigenvalue weighted by Crippen LogP contribution is 2.30. The lowest BCUT2D eigenvalue weighted by Crippen LogP contribution is -2.33. The zero-order valence-corrected chi connectivity index (χ0v) is 13.4. The number of rotatable bonds is 5. The first-order valence-electron chi connectivity index (χ1n) is 7.53. The van der Waals surface area contributed by atoms with Crippen molar-refractivity contribution in [1.29, 1.82) is 0 Å². The zero-order chi connectivity index (χ0) is 17.3. The fourth-order valence-corrected chi connectivity index (χ4v) is 2.66. The van der Waals surface area contributed by atoms with Crippen molar-refractivity contribution in [2.24, 2.45) is 7.05 Å². The Hall–Kier alpha value is -2.30. The fourth-order valence-electron chi connectivity index (χ4n) is 2.66. The third kappa shape index (κ3) is 3.30. The van der Waals surface area contributed by atoms with Crippen LogP contribution in [0.25, 0.3) is 0 Å². The number of ether oxygens (including phenoxy) is 2. The number of aliphatic hydroxyl groups is 1. The van der Waals surface area contributed by atoms with Gasteiger partial charge in [-0.2, -0.15) is 0 Å². The van der Waals surface area contributed by atoms with Gasteiger partial charge in [-0.05, 0) is 6.92 Å². The molecule has 2 N–H and O–H groups in total. The average molecular weight is 337 g/mol. The van der Waals surface area contributed by atoms with Gasteiger partial charge in [0.25, 0.3) is 5.56 Å².